The third kappa shape index (κ3) is 2.08. The second-order valence-electron chi connectivity index (χ2n) is 3.83. The molecule has 1 aliphatic rings. The molecule has 1 aromatic rings. The van der Waals surface area contributed by atoms with Gasteiger partial charge >= 0.3 is 0 Å². The highest BCUT2D eigenvalue weighted by molar-refractivity contribution is 5.12. The molecule has 0 bridgehead atoms. The molecule has 1 aromatic heterocycles. The van der Waals surface area contributed by atoms with E-state index < -0.39 is 0 Å². The third-order valence-electron chi connectivity index (χ3n) is 2.58. The second-order valence-corrected chi connectivity index (χ2v) is 3.83. The number of hydrogen-bond acceptors (Lipinski definition) is 4. The van der Waals surface area contributed by atoms with Gasteiger partial charge in [0.25, 0.3) is 0 Å². The van der Waals surface area contributed by atoms with Crippen LogP contribution in [0.5, 0.6) is 0 Å². The molecular formula is C10H16N4. The van der Waals surface area contributed by atoms with E-state index in [1.54, 1.807) is 0 Å². The molecule has 1 aliphatic heterocycles. The molecule has 0 aromatic carbocycles. The van der Waals surface area contributed by atoms with Crippen molar-refractivity contribution in [2.45, 2.75) is 13.0 Å². The number of nitrogens with zero attached hydrogens (tertiary/aromatic N) is 3. The van der Waals surface area contributed by atoms with Crippen molar-refractivity contribution in [3.8, 4) is 0 Å². The van der Waals surface area contributed by atoms with E-state index in [2.05, 4.69) is 27.2 Å². The van der Waals surface area contributed by atoms with E-state index in [9.17, 15) is 0 Å². The van der Waals surface area contributed by atoms with Gasteiger partial charge in [0, 0.05) is 43.6 Å². The van der Waals surface area contributed by atoms with Gasteiger partial charge in [0.2, 0.25) is 0 Å². The monoisotopic (exact) mass is 192 g/mol. The summed E-state index contributed by atoms with van der Waals surface area (Å²) in [6.07, 6.45) is 3.83. The maximum Gasteiger partial charge on any atom is 0.125 e. The fourth-order valence-corrected chi connectivity index (χ4v) is 1.70. The van der Waals surface area contributed by atoms with Crippen LogP contribution in [-0.2, 0) is 0 Å². The van der Waals surface area contributed by atoms with Gasteiger partial charge in [-0.05, 0) is 14.0 Å². The molecule has 1 N–H and O–H groups in total. The van der Waals surface area contributed by atoms with Crippen LogP contribution in [0.1, 0.15) is 17.4 Å². The van der Waals surface area contributed by atoms with Gasteiger partial charge in [0.05, 0.1) is 0 Å². The third-order valence-corrected chi connectivity index (χ3v) is 2.58. The standard InChI is InChI=1S/C10H16N4/c1-8-12-5-9(6-13-8)10-7-14(2)4-3-11-10/h5-6,10-11H,3-4,7H2,1-2H3. The average molecular weight is 192 g/mol. The number of likely N-dealkylation sites (N-methyl/N-ethyl adjacent to an activating group) is 1. The quantitative estimate of drug-likeness (QED) is 0.697. The zero-order chi connectivity index (χ0) is 9.97. The maximum absolute atomic E-state index is 4.21. The van der Waals surface area contributed by atoms with Gasteiger partial charge < -0.3 is 10.2 Å². The van der Waals surface area contributed by atoms with E-state index in [1.165, 1.54) is 5.56 Å². The SMILES string of the molecule is Cc1ncc(C2CN(C)CCN2)cn1. The Morgan fingerprint density at radius 1 is 1.43 bits per heavy atom. The smallest absolute Gasteiger partial charge is 0.125 e. The fraction of sp³-hybridized carbons (Fsp3) is 0.600. The lowest BCUT2D eigenvalue weighted by Crippen LogP contribution is -2.43. The molecule has 1 atom stereocenters. The van der Waals surface area contributed by atoms with Gasteiger partial charge in [-0.1, -0.05) is 0 Å². The number of aromatic nitrogens is 2. The Bertz CT molecular complexity index is 295. The van der Waals surface area contributed by atoms with Crippen molar-refractivity contribution in [2.24, 2.45) is 0 Å². The minimum atomic E-state index is 0.384. The van der Waals surface area contributed by atoms with E-state index in [-0.39, 0.29) is 0 Å². The number of aryl methyl sites for hydroxylation is 1. The van der Waals surface area contributed by atoms with Crippen LogP contribution in [0.15, 0.2) is 12.4 Å². The highest BCUT2D eigenvalue weighted by Gasteiger charge is 2.18. The van der Waals surface area contributed by atoms with E-state index in [4.69, 9.17) is 0 Å². The Hall–Kier alpha value is -1.00. The first-order chi connectivity index (χ1) is 6.75. The molecular weight excluding hydrogens is 176 g/mol. The highest BCUT2D eigenvalue weighted by Crippen LogP contribution is 2.14. The summed E-state index contributed by atoms with van der Waals surface area (Å²) < 4.78 is 0. The molecule has 4 nitrogen and oxygen atoms in total. The van der Waals surface area contributed by atoms with Crippen LogP contribution in [-0.4, -0.2) is 41.5 Å². The predicted octanol–water partition coefficient (Wildman–Crippen LogP) is 0.361. The Balaban J connectivity index is 2.10. The molecule has 1 unspecified atom stereocenters. The van der Waals surface area contributed by atoms with Gasteiger partial charge in [0.1, 0.15) is 5.82 Å². The highest BCUT2D eigenvalue weighted by atomic mass is 15.2. The Kier molecular flexibility index (Phi) is 2.74. The normalized spacial score (nSPS) is 23.7. The first kappa shape index (κ1) is 9.55. The van der Waals surface area contributed by atoms with Crippen molar-refractivity contribution in [3.05, 3.63) is 23.8 Å². The molecule has 76 valence electrons. The van der Waals surface area contributed by atoms with E-state index >= 15 is 0 Å². The van der Waals surface area contributed by atoms with Crippen LogP contribution in [0.25, 0.3) is 0 Å². The molecule has 2 heterocycles. The van der Waals surface area contributed by atoms with Gasteiger partial charge in [0.15, 0.2) is 0 Å². The first-order valence-electron chi connectivity index (χ1n) is 4.96. The van der Waals surface area contributed by atoms with Crippen molar-refractivity contribution in [1.82, 2.24) is 20.2 Å². The number of rotatable bonds is 1. The van der Waals surface area contributed by atoms with Crippen molar-refractivity contribution in [1.29, 1.82) is 0 Å². The zero-order valence-corrected chi connectivity index (χ0v) is 8.70. The number of hydrogen-bond donors (Lipinski definition) is 1. The molecule has 2 rings (SSSR count). The summed E-state index contributed by atoms with van der Waals surface area (Å²) in [7, 11) is 2.14. The Morgan fingerprint density at radius 2 is 2.14 bits per heavy atom. The van der Waals surface area contributed by atoms with Crippen molar-refractivity contribution in [2.75, 3.05) is 26.7 Å². The summed E-state index contributed by atoms with van der Waals surface area (Å²) in [5, 5.41) is 3.46. The van der Waals surface area contributed by atoms with Gasteiger partial charge in [-0.25, -0.2) is 9.97 Å². The van der Waals surface area contributed by atoms with Crippen LogP contribution in [0.4, 0.5) is 0 Å². The van der Waals surface area contributed by atoms with Gasteiger partial charge in [-0.15, -0.1) is 0 Å². The van der Waals surface area contributed by atoms with E-state index in [0.29, 0.717) is 6.04 Å². The van der Waals surface area contributed by atoms with Crippen LogP contribution in [0.3, 0.4) is 0 Å². The molecule has 0 aliphatic carbocycles. The summed E-state index contributed by atoms with van der Waals surface area (Å²) in [5.74, 6) is 0.831. The fourth-order valence-electron chi connectivity index (χ4n) is 1.70. The number of nitrogens with one attached hydrogen (secondary N) is 1. The Morgan fingerprint density at radius 3 is 2.79 bits per heavy atom. The van der Waals surface area contributed by atoms with Crippen molar-refractivity contribution >= 4 is 0 Å². The lowest BCUT2D eigenvalue weighted by atomic mass is 10.1. The molecule has 1 saturated heterocycles. The molecule has 0 spiro atoms. The number of piperazine rings is 1. The largest absolute Gasteiger partial charge is 0.307 e. The lowest BCUT2D eigenvalue weighted by molar-refractivity contribution is 0.240. The van der Waals surface area contributed by atoms with Gasteiger partial charge in [-0.3, -0.25) is 0 Å². The van der Waals surface area contributed by atoms with Crippen molar-refractivity contribution < 1.29 is 0 Å². The summed E-state index contributed by atoms with van der Waals surface area (Å²) in [6, 6.07) is 0.384. The van der Waals surface area contributed by atoms with Crippen LogP contribution < -0.4 is 5.32 Å². The van der Waals surface area contributed by atoms with E-state index in [1.807, 2.05) is 19.3 Å². The molecule has 1 fully saturated rings. The predicted molar refractivity (Wildman–Crippen MR) is 55.0 cm³/mol. The minimum Gasteiger partial charge on any atom is -0.307 e. The summed E-state index contributed by atoms with van der Waals surface area (Å²) in [5.41, 5.74) is 1.18. The van der Waals surface area contributed by atoms with E-state index in [0.717, 1.165) is 25.5 Å². The zero-order valence-electron chi connectivity index (χ0n) is 8.70. The first-order valence-corrected chi connectivity index (χ1v) is 4.96. The summed E-state index contributed by atoms with van der Waals surface area (Å²) in [6.45, 7) is 5.09. The molecule has 4 heteroatoms. The van der Waals surface area contributed by atoms with Crippen molar-refractivity contribution in [3.63, 3.8) is 0 Å². The summed E-state index contributed by atoms with van der Waals surface area (Å²) in [4.78, 5) is 10.7. The Labute approximate surface area is 84.4 Å². The second kappa shape index (κ2) is 4.02. The maximum atomic E-state index is 4.21. The summed E-state index contributed by atoms with van der Waals surface area (Å²) >= 11 is 0. The molecule has 0 amide bonds. The van der Waals surface area contributed by atoms with Gasteiger partial charge in [-0.2, -0.15) is 0 Å². The van der Waals surface area contributed by atoms with Crippen LogP contribution in [0.2, 0.25) is 0 Å². The molecule has 0 saturated carbocycles. The van der Waals surface area contributed by atoms with Crippen LogP contribution >= 0.6 is 0 Å². The molecule has 14 heavy (non-hydrogen) atoms. The minimum absolute atomic E-state index is 0.384. The van der Waals surface area contributed by atoms with Crippen LogP contribution in [0, 0.1) is 6.92 Å². The molecule has 0 radical (unpaired) electrons. The average Bonchev–Trinajstić information content (AvgIpc) is 2.19. The lowest BCUT2D eigenvalue weighted by Gasteiger charge is -2.30. The topological polar surface area (TPSA) is 41.1 Å².